The molecule has 1 aliphatic rings. The van der Waals surface area contributed by atoms with Crippen LogP contribution in [0.2, 0.25) is 5.15 Å². The number of carbonyl (C=O) groups excluding carboxylic acids is 1. The molecule has 0 atom stereocenters. The van der Waals surface area contributed by atoms with Crippen molar-refractivity contribution >= 4 is 29.2 Å². The molecular formula is C20H24ClN5O2. The van der Waals surface area contributed by atoms with E-state index in [1.54, 1.807) is 13.3 Å². The average Bonchev–Trinajstić information content (AvgIpc) is 2.60. The Bertz CT molecular complexity index is 972. The predicted octanol–water partition coefficient (Wildman–Crippen LogP) is 3.52. The first-order chi connectivity index (χ1) is 13.2. The molecule has 28 heavy (non-hydrogen) atoms. The summed E-state index contributed by atoms with van der Waals surface area (Å²) in [4.78, 5) is 27.8. The van der Waals surface area contributed by atoms with Crippen LogP contribution in [-0.2, 0) is 6.54 Å². The monoisotopic (exact) mass is 401 g/mol. The Morgan fingerprint density at radius 1 is 1.36 bits per heavy atom. The molecule has 7 nitrogen and oxygen atoms in total. The highest BCUT2D eigenvalue weighted by Crippen LogP contribution is 2.35. The molecule has 2 aromatic heterocycles. The second kappa shape index (κ2) is 7.75. The molecule has 1 aliphatic heterocycles. The van der Waals surface area contributed by atoms with Crippen molar-refractivity contribution in [2.24, 2.45) is 5.92 Å². The molecule has 3 heterocycles. The summed E-state index contributed by atoms with van der Waals surface area (Å²) < 4.78 is 5.51. The lowest BCUT2D eigenvalue weighted by molar-refractivity contribution is 0.102. The summed E-state index contributed by atoms with van der Waals surface area (Å²) in [6.45, 7) is 8.81. The van der Waals surface area contributed by atoms with Crippen LogP contribution in [0.5, 0.6) is 5.75 Å². The summed E-state index contributed by atoms with van der Waals surface area (Å²) in [5.41, 5.74) is 9.49. The molecule has 0 radical (unpaired) electrons. The zero-order valence-corrected chi connectivity index (χ0v) is 17.5. The number of fused-ring (bicyclic) bond motifs is 1. The number of aromatic nitrogens is 3. The Balaban J connectivity index is 2.11. The number of ketones is 1. The summed E-state index contributed by atoms with van der Waals surface area (Å²) in [5, 5.41) is 0.0676. The Kier molecular flexibility index (Phi) is 5.56. The Morgan fingerprint density at radius 2 is 2.07 bits per heavy atom. The molecule has 0 aromatic carbocycles. The number of nitrogens with zero attached hydrogens (tertiary/aromatic N) is 4. The van der Waals surface area contributed by atoms with E-state index in [1.807, 2.05) is 38.7 Å². The van der Waals surface area contributed by atoms with E-state index in [0.717, 1.165) is 22.6 Å². The smallest absolute Gasteiger partial charge is 0.223 e. The van der Waals surface area contributed by atoms with Crippen LogP contribution in [0.25, 0.3) is 0 Å². The SMILES string of the molecule is COc1c(C)cnc(CN2C/C(=C\C(C)C)C(=O)c3c(Cl)nc(N)nc32)c1C. The second-order valence-electron chi connectivity index (χ2n) is 7.24. The molecule has 8 heteroatoms. The summed E-state index contributed by atoms with van der Waals surface area (Å²) in [5.74, 6) is 1.33. The summed E-state index contributed by atoms with van der Waals surface area (Å²) in [6, 6.07) is 0. The number of allylic oxidation sites excluding steroid dienone is 1. The molecule has 0 unspecified atom stereocenters. The van der Waals surface area contributed by atoms with Gasteiger partial charge < -0.3 is 15.4 Å². The number of rotatable bonds is 4. The number of aryl methyl sites for hydroxylation is 1. The average molecular weight is 402 g/mol. The molecule has 2 N–H and O–H groups in total. The molecule has 0 amide bonds. The fraction of sp³-hybridized carbons (Fsp3) is 0.400. The third kappa shape index (κ3) is 3.67. The normalized spacial score (nSPS) is 15.3. The minimum absolute atomic E-state index is 0.0315. The molecule has 3 rings (SSSR count). The van der Waals surface area contributed by atoms with E-state index in [1.165, 1.54) is 0 Å². The lowest BCUT2D eigenvalue weighted by atomic mass is 9.96. The van der Waals surface area contributed by atoms with E-state index in [0.29, 0.717) is 24.5 Å². The van der Waals surface area contributed by atoms with Gasteiger partial charge in [0.05, 0.1) is 19.3 Å². The molecule has 0 bridgehead atoms. The number of nitrogens with two attached hydrogens (primary N) is 1. The van der Waals surface area contributed by atoms with Crippen LogP contribution in [0.15, 0.2) is 17.8 Å². The molecule has 2 aromatic rings. The van der Waals surface area contributed by atoms with Crippen LogP contribution in [-0.4, -0.2) is 34.4 Å². The van der Waals surface area contributed by atoms with Gasteiger partial charge in [0.25, 0.3) is 0 Å². The van der Waals surface area contributed by atoms with E-state index < -0.39 is 0 Å². The van der Waals surface area contributed by atoms with Gasteiger partial charge in [-0.05, 0) is 19.8 Å². The van der Waals surface area contributed by atoms with E-state index in [2.05, 4.69) is 15.0 Å². The number of ether oxygens (including phenoxy) is 1. The van der Waals surface area contributed by atoms with Gasteiger partial charge in [0.1, 0.15) is 22.3 Å². The molecule has 0 fully saturated rings. The molecule has 0 aliphatic carbocycles. The number of Topliss-reactive ketones (excluding diaryl/α,β-unsaturated/α-hetero) is 1. The quantitative estimate of drug-likeness (QED) is 0.618. The largest absolute Gasteiger partial charge is 0.496 e. The third-order valence-corrected chi connectivity index (χ3v) is 4.94. The van der Waals surface area contributed by atoms with Gasteiger partial charge in [-0.3, -0.25) is 9.78 Å². The van der Waals surface area contributed by atoms with Crippen LogP contribution in [0.1, 0.15) is 41.0 Å². The number of pyridine rings is 1. The maximum absolute atomic E-state index is 13.0. The summed E-state index contributed by atoms with van der Waals surface area (Å²) >= 11 is 6.27. The van der Waals surface area contributed by atoms with Crippen LogP contribution < -0.4 is 15.4 Å². The van der Waals surface area contributed by atoms with E-state index in [9.17, 15) is 4.79 Å². The zero-order valence-electron chi connectivity index (χ0n) is 16.7. The fourth-order valence-corrected chi connectivity index (χ4v) is 3.70. The lowest BCUT2D eigenvalue weighted by Gasteiger charge is -2.31. The number of hydrogen-bond acceptors (Lipinski definition) is 7. The number of halogens is 1. The van der Waals surface area contributed by atoms with Gasteiger partial charge in [-0.15, -0.1) is 0 Å². The number of carbonyl (C=O) groups is 1. The first-order valence-corrected chi connectivity index (χ1v) is 9.43. The number of nitrogen functional groups attached to an aromatic ring is 1. The minimum atomic E-state index is -0.156. The van der Waals surface area contributed by atoms with Crippen molar-refractivity contribution in [2.45, 2.75) is 34.2 Å². The Morgan fingerprint density at radius 3 is 2.71 bits per heavy atom. The maximum Gasteiger partial charge on any atom is 0.223 e. The molecule has 0 saturated carbocycles. The van der Waals surface area contributed by atoms with Gasteiger partial charge in [-0.1, -0.05) is 31.5 Å². The highest BCUT2D eigenvalue weighted by Gasteiger charge is 2.32. The summed E-state index contributed by atoms with van der Waals surface area (Å²) in [7, 11) is 1.64. The molecule has 0 saturated heterocycles. The molecule has 0 spiro atoms. The maximum atomic E-state index is 13.0. The first kappa shape index (κ1) is 20.1. The number of anilines is 2. The van der Waals surface area contributed by atoms with Crippen molar-refractivity contribution in [1.82, 2.24) is 15.0 Å². The molecular weight excluding hydrogens is 378 g/mol. The van der Waals surface area contributed by atoms with Gasteiger partial charge in [-0.25, -0.2) is 4.98 Å². The number of methoxy groups -OCH3 is 1. The predicted molar refractivity (Wildman–Crippen MR) is 110 cm³/mol. The van der Waals surface area contributed by atoms with E-state index >= 15 is 0 Å². The highest BCUT2D eigenvalue weighted by molar-refractivity contribution is 6.35. The van der Waals surface area contributed by atoms with Gasteiger partial charge in [0, 0.05) is 29.4 Å². The van der Waals surface area contributed by atoms with Crippen molar-refractivity contribution in [3.63, 3.8) is 0 Å². The van der Waals surface area contributed by atoms with E-state index in [4.69, 9.17) is 22.1 Å². The Labute approximate surface area is 169 Å². The zero-order chi connectivity index (χ0) is 20.6. The van der Waals surface area contributed by atoms with Crippen molar-refractivity contribution in [2.75, 3.05) is 24.3 Å². The second-order valence-corrected chi connectivity index (χ2v) is 7.60. The van der Waals surface area contributed by atoms with Crippen molar-refractivity contribution < 1.29 is 9.53 Å². The first-order valence-electron chi connectivity index (χ1n) is 9.05. The number of hydrogen-bond donors (Lipinski definition) is 1. The van der Waals surface area contributed by atoms with Crippen molar-refractivity contribution in [3.8, 4) is 5.75 Å². The van der Waals surface area contributed by atoms with Crippen LogP contribution >= 0.6 is 11.6 Å². The van der Waals surface area contributed by atoms with Gasteiger partial charge in [0.2, 0.25) is 5.95 Å². The van der Waals surface area contributed by atoms with Crippen LogP contribution in [0, 0.1) is 19.8 Å². The van der Waals surface area contributed by atoms with E-state index in [-0.39, 0.29) is 28.4 Å². The highest BCUT2D eigenvalue weighted by atomic mass is 35.5. The minimum Gasteiger partial charge on any atom is -0.496 e. The van der Waals surface area contributed by atoms with Gasteiger partial charge in [0.15, 0.2) is 5.78 Å². The van der Waals surface area contributed by atoms with Gasteiger partial charge in [-0.2, -0.15) is 4.98 Å². The third-order valence-electron chi connectivity index (χ3n) is 4.67. The van der Waals surface area contributed by atoms with Crippen molar-refractivity contribution in [1.29, 1.82) is 0 Å². The fourth-order valence-electron chi connectivity index (χ4n) is 3.45. The van der Waals surface area contributed by atoms with Crippen molar-refractivity contribution in [3.05, 3.63) is 45.4 Å². The van der Waals surface area contributed by atoms with Crippen LogP contribution in [0.4, 0.5) is 11.8 Å². The summed E-state index contributed by atoms with van der Waals surface area (Å²) in [6.07, 6.45) is 3.73. The topological polar surface area (TPSA) is 94.2 Å². The lowest BCUT2D eigenvalue weighted by Crippen LogP contribution is -2.36. The molecule has 148 valence electrons. The van der Waals surface area contributed by atoms with Gasteiger partial charge >= 0.3 is 0 Å². The van der Waals surface area contributed by atoms with Crippen LogP contribution in [0.3, 0.4) is 0 Å². The standard InChI is InChI=1S/C20H24ClN5O2/c1-10(2)6-13-8-26(9-14-12(4)17(28-5)11(3)7-23-14)19-15(16(13)27)18(21)24-20(22)25-19/h6-7,10H,8-9H2,1-5H3,(H2,22,24,25)/b13-6+. The Hall–Kier alpha value is -2.67.